The van der Waals surface area contributed by atoms with Gasteiger partial charge in [0, 0.05) is 0 Å². The molecule has 0 bridgehead atoms. The van der Waals surface area contributed by atoms with Gasteiger partial charge in [-0.1, -0.05) is 54.6 Å². The molecule has 0 aliphatic carbocycles. The molecule has 1 N–H and O–H groups in total. The van der Waals surface area contributed by atoms with Crippen molar-refractivity contribution in [2.45, 2.75) is 12.3 Å². The average Bonchev–Trinajstić information content (AvgIpc) is 2.45. The summed E-state index contributed by atoms with van der Waals surface area (Å²) in [5, 5.41) is 9.92. The van der Waals surface area contributed by atoms with Gasteiger partial charge in [0.2, 0.25) is 0 Å². The molecule has 0 fully saturated rings. The van der Waals surface area contributed by atoms with Gasteiger partial charge >= 0.3 is 6.18 Å². The summed E-state index contributed by atoms with van der Waals surface area (Å²) in [6, 6.07) is 13.9. The van der Waals surface area contributed by atoms with Crippen molar-refractivity contribution in [2.75, 3.05) is 0 Å². The van der Waals surface area contributed by atoms with Gasteiger partial charge in [-0.3, -0.25) is 0 Å². The molecule has 0 saturated heterocycles. The van der Waals surface area contributed by atoms with E-state index in [1.807, 2.05) is 30.3 Å². The van der Waals surface area contributed by atoms with Gasteiger partial charge in [-0.15, -0.1) is 0 Å². The number of hydrogen-bond donors (Lipinski definition) is 1. The first-order valence-corrected chi connectivity index (χ1v) is 6.05. The number of aliphatic hydroxyl groups is 1. The first-order chi connectivity index (χ1) is 9.47. The molecule has 2 aromatic rings. The minimum Gasteiger partial charge on any atom is -0.384 e. The molecule has 0 amide bonds. The van der Waals surface area contributed by atoms with Crippen molar-refractivity contribution in [3.63, 3.8) is 0 Å². The fraction of sp³-hybridized carbons (Fsp3) is 0.125. The lowest BCUT2D eigenvalue weighted by Gasteiger charge is -2.10. The van der Waals surface area contributed by atoms with E-state index < -0.39 is 17.8 Å². The van der Waals surface area contributed by atoms with Gasteiger partial charge in [0.1, 0.15) is 0 Å². The zero-order chi connectivity index (χ0) is 14.6. The SMILES string of the molecule is OC(C=Cc1ccccc1)c1cccc(C(F)(F)F)c1. The van der Waals surface area contributed by atoms with Gasteiger partial charge in [0.15, 0.2) is 0 Å². The van der Waals surface area contributed by atoms with E-state index in [-0.39, 0.29) is 5.56 Å². The zero-order valence-corrected chi connectivity index (χ0v) is 10.5. The Balaban J connectivity index is 2.17. The Bertz CT molecular complexity index is 588. The molecule has 0 aliphatic rings. The summed E-state index contributed by atoms with van der Waals surface area (Å²) < 4.78 is 37.7. The van der Waals surface area contributed by atoms with Gasteiger partial charge in [0.05, 0.1) is 11.7 Å². The number of halogens is 3. The summed E-state index contributed by atoms with van der Waals surface area (Å²) in [6.07, 6.45) is -2.34. The largest absolute Gasteiger partial charge is 0.416 e. The van der Waals surface area contributed by atoms with Crippen LogP contribution in [0.4, 0.5) is 13.2 Å². The van der Waals surface area contributed by atoms with Crippen LogP contribution in [0.3, 0.4) is 0 Å². The summed E-state index contributed by atoms with van der Waals surface area (Å²) in [6.45, 7) is 0. The zero-order valence-electron chi connectivity index (χ0n) is 10.5. The maximum absolute atomic E-state index is 12.6. The van der Waals surface area contributed by atoms with E-state index in [2.05, 4.69) is 0 Å². The Morgan fingerprint density at radius 2 is 1.65 bits per heavy atom. The summed E-state index contributed by atoms with van der Waals surface area (Å²) in [5.74, 6) is 0. The average molecular weight is 278 g/mol. The van der Waals surface area contributed by atoms with Crippen molar-refractivity contribution in [3.05, 3.63) is 77.4 Å². The molecule has 104 valence electrons. The van der Waals surface area contributed by atoms with E-state index in [1.54, 1.807) is 6.08 Å². The van der Waals surface area contributed by atoms with Crippen LogP contribution in [0, 0.1) is 0 Å². The third-order valence-corrected chi connectivity index (χ3v) is 2.83. The third kappa shape index (κ3) is 3.71. The maximum atomic E-state index is 12.6. The molecule has 4 heteroatoms. The van der Waals surface area contributed by atoms with Gasteiger partial charge in [-0.2, -0.15) is 13.2 Å². The Morgan fingerprint density at radius 3 is 2.30 bits per heavy atom. The molecule has 2 aromatic carbocycles. The Hall–Kier alpha value is -2.07. The van der Waals surface area contributed by atoms with Crippen LogP contribution in [0.1, 0.15) is 22.8 Å². The van der Waals surface area contributed by atoms with Crippen LogP contribution in [0.25, 0.3) is 6.08 Å². The van der Waals surface area contributed by atoms with E-state index >= 15 is 0 Å². The second kappa shape index (κ2) is 5.92. The summed E-state index contributed by atoms with van der Waals surface area (Å²) in [7, 11) is 0. The van der Waals surface area contributed by atoms with E-state index in [0.29, 0.717) is 0 Å². The molecule has 0 heterocycles. The molecule has 1 unspecified atom stereocenters. The van der Waals surface area contributed by atoms with Crippen LogP contribution >= 0.6 is 0 Å². The minimum atomic E-state index is -4.40. The summed E-state index contributed by atoms with van der Waals surface area (Å²) in [5.41, 5.74) is 0.327. The predicted octanol–water partition coefficient (Wildman–Crippen LogP) is 4.45. The van der Waals surface area contributed by atoms with Gasteiger partial charge in [0.25, 0.3) is 0 Å². The number of hydrogen-bond acceptors (Lipinski definition) is 1. The molecule has 0 radical (unpaired) electrons. The lowest BCUT2D eigenvalue weighted by atomic mass is 10.0. The highest BCUT2D eigenvalue weighted by Crippen LogP contribution is 2.31. The van der Waals surface area contributed by atoms with Crippen LogP contribution < -0.4 is 0 Å². The normalized spacial score (nSPS) is 13.6. The molecule has 0 saturated carbocycles. The van der Waals surface area contributed by atoms with Gasteiger partial charge < -0.3 is 5.11 Å². The lowest BCUT2D eigenvalue weighted by molar-refractivity contribution is -0.137. The fourth-order valence-corrected chi connectivity index (χ4v) is 1.78. The molecule has 1 nitrogen and oxygen atoms in total. The lowest BCUT2D eigenvalue weighted by Crippen LogP contribution is -2.06. The number of alkyl halides is 3. The fourth-order valence-electron chi connectivity index (χ4n) is 1.78. The molecular formula is C16H13F3O. The number of rotatable bonds is 3. The smallest absolute Gasteiger partial charge is 0.384 e. The van der Waals surface area contributed by atoms with E-state index in [0.717, 1.165) is 17.7 Å². The predicted molar refractivity (Wildman–Crippen MR) is 71.9 cm³/mol. The van der Waals surface area contributed by atoms with Crippen LogP contribution in [-0.4, -0.2) is 5.11 Å². The van der Waals surface area contributed by atoms with E-state index in [9.17, 15) is 18.3 Å². The molecule has 2 rings (SSSR count). The second-order valence-corrected chi connectivity index (χ2v) is 4.34. The molecule has 0 aromatic heterocycles. The monoisotopic (exact) mass is 278 g/mol. The van der Waals surface area contributed by atoms with Crippen molar-refractivity contribution in [1.82, 2.24) is 0 Å². The third-order valence-electron chi connectivity index (χ3n) is 2.83. The summed E-state index contributed by atoms with van der Waals surface area (Å²) in [4.78, 5) is 0. The maximum Gasteiger partial charge on any atom is 0.416 e. The van der Waals surface area contributed by atoms with Crippen molar-refractivity contribution in [2.24, 2.45) is 0 Å². The van der Waals surface area contributed by atoms with Gasteiger partial charge in [-0.25, -0.2) is 0 Å². The molecule has 20 heavy (non-hydrogen) atoms. The van der Waals surface area contributed by atoms with Crippen LogP contribution in [-0.2, 0) is 6.18 Å². The molecule has 0 aliphatic heterocycles. The highest BCUT2D eigenvalue weighted by molar-refractivity contribution is 5.50. The van der Waals surface area contributed by atoms with Crippen LogP contribution in [0.15, 0.2) is 60.7 Å². The highest BCUT2D eigenvalue weighted by Gasteiger charge is 2.30. The first kappa shape index (κ1) is 14.3. The Labute approximate surface area is 115 Å². The van der Waals surface area contributed by atoms with Crippen molar-refractivity contribution < 1.29 is 18.3 Å². The summed E-state index contributed by atoms with van der Waals surface area (Å²) >= 11 is 0. The van der Waals surface area contributed by atoms with Crippen LogP contribution in [0.5, 0.6) is 0 Å². The molecule has 0 spiro atoms. The van der Waals surface area contributed by atoms with Crippen molar-refractivity contribution in [1.29, 1.82) is 0 Å². The highest BCUT2D eigenvalue weighted by atomic mass is 19.4. The standard InChI is InChI=1S/C16H13F3O/c17-16(18,19)14-8-4-7-13(11-14)15(20)10-9-12-5-2-1-3-6-12/h1-11,15,20H. The minimum absolute atomic E-state index is 0.215. The number of aliphatic hydroxyl groups excluding tert-OH is 1. The topological polar surface area (TPSA) is 20.2 Å². The number of benzene rings is 2. The quantitative estimate of drug-likeness (QED) is 0.879. The van der Waals surface area contributed by atoms with Gasteiger partial charge in [-0.05, 0) is 23.3 Å². The van der Waals surface area contributed by atoms with Crippen molar-refractivity contribution in [3.8, 4) is 0 Å². The van der Waals surface area contributed by atoms with Crippen molar-refractivity contribution >= 4 is 6.08 Å². The molecule has 1 atom stereocenters. The first-order valence-electron chi connectivity index (χ1n) is 6.05. The van der Waals surface area contributed by atoms with E-state index in [1.165, 1.54) is 18.2 Å². The van der Waals surface area contributed by atoms with E-state index in [4.69, 9.17) is 0 Å². The Morgan fingerprint density at radius 1 is 0.950 bits per heavy atom. The molecular weight excluding hydrogens is 265 g/mol. The second-order valence-electron chi connectivity index (χ2n) is 4.34. The Kier molecular flexibility index (Phi) is 4.25. The van der Waals surface area contributed by atoms with Crippen LogP contribution in [0.2, 0.25) is 0 Å².